The molecule has 92 heavy (non-hydrogen) atoms. The first-order valence-corrected chi connectivity index (χ1v) is 31.9. The van der Waals surface area contributed by atoms with E-state index in [1.54, 1.807) is 107 Å². The van der Waals surface area contributed by atoms with Crippen molar-refractivity contribution in [3.63, 3.8) is 0 Å². The Morgan fingerprint density at radius 2 is 0.902 bits per heavy atom. The van der Waals surface area contributed by atoms with Crippen LogP contribution in [0, 0.1) is 3.70 Å². The van der Waals surface area contributed by atoms with Crippen molar-refractivity contribution in [2.75, 3.05) is 61.1 Å². The molecule has 0 bridgehead atoms. The molecular weight excluding hydrogens is 1320 g/mol. The van der Waals surface area contributed by atoms with Gasteiger partial charge in [0.1, 0.15) is 9.52 Å². The summed E-state index contributed by atoms with van der Waals surface area (Å²) in [5.41, 5.74) is 8.57. The Kier molecular flexibility index (Phi) is 44.5. The molecule has 0 aliphatic heterocycles. The van der Waals surface area contributed by atoms with E-state index >= 15 is 0 Å². The Morgan fingerprint density at radius 3 is 1.28 bits per heavy atom. The lowest BCUT2D eigenvalue weighted by Gasteiger charge is -2.22. The highest BCUT2D eigenvalue weighted by Gasteiger charge is 2.15. The van der Waals surface area contributed by atoms with Crippen LogP contribution in [-0.2, 0) is 33.4 Å². The van der Waals surface area contributed by atoms with Crippen molar-refractivity contribution in [3.8, 4) is 0 Å². The number of hydrogen-bond donors (Lipinski definition) is 4. The summed E-state index contributed by atoms with van der Waals surface area (Å²) in [4.78, 5) is 89.7. The van der Waals surface area contributed by atoms with Gasteiger partial charge in [-0.15, -0.1) is 22.6 Å². The molecule has 0 aliphatic rings. The molecule has 0 unspecified atom stereocenters. The molecule has 0 fully saturated rings. The van der Waals surface area contributed by atoms with E-state index in [0.29, 0.717) is 45.5 Å². The maximum atomic E-state index is 11.4. The Morgan fingerprint density at radius 1 is 0.489 bits per heavy atom. The quantitative estimate of drug-likeness (QED) is 0.00716. The number of fused-ring (bicyclic) bond motifs is 2. The first-order chi connectivity index (χ1) is 44.1. The minimum absolute atomic E-state index is 0. The van der Waals surface area contributed by atoms with E-state index in [9.17, 15) is 19.2 Å². The van der Waals surface area contributed by atoms with E-state index in [4.69, 9.17) is 25.2 Å². The smallest absolute Gasteiger partial charge is 0.305 e. The molecule has 8 aromatic rings. The summed E-state index contributed by atoms with van der Waals surface area (Å²) in [5, 5.41) is 20.9. The van der Waals surface area contributed by atoms with Gasteiger partial charge in [-0.2, -0.15) is 0 Å². The van der Waals surface area contributed by atoms with E-state index in [-0.39, 0.29) is 40.9 Å². The van der Waals surface area contributed by atoms with E-state index in [1.165, 1.54) is 0 Å². The van der Waals surface area contributed by atoms with Gasteiger partial charge in [-0.1, -0.05) is 51.4 Å². The third-order valence-corrected chi connectivity index (χ3v) is 13.4. The molecule has 0 radical (unpaired) electrons. The van der Waals surface area contributed by atoms with Crippen LogP contribution in [0.2, 0.25) is 0 Å². The number of ether oxygens (including phenoxy) is 3. The molecular formula is C62H90ClFIN19O8. The lowest BCUT2D eigenvalue weighted by Crippen LogP contribution is -2.21. The van der Waals surface area contributed by atoms with Crippen molar-refractivity contribution < 1.29 is 43.3 Å². The van der Waals surface area contributed by atoms with Gasteiger partial charge in [0.15, 0.2) is 34.6 Å². The van der Waals surface area contributed by atoms with Crippen LogP contribution in [0.3, 0.4) is 0 Å². The van der Waals surface area contributed by atoms with Gasteiger partial charge in [0.05, 0.1) is 44.6 Å². The van der Waals surface area contributed by atoms with E-state index in [2.05, 4.69) is 92.8 Å². The average Bonchev–Trinajstić information content (AvgIpc) is 1.64. The lowest BCUT2D eigenvalue weighted by molar-refractivity contribution is -0.144. The topological polar surface area (TPSA) is 336 Å². The first-order valence-electron chi connectivity index (χ1n) is 30.8. The number of imidazole rings is 2. The number of hydroxylamine groups is 1. The van der Waals surface area contributed by atoms with Gasteiger partial charge in [-0.25, -0.2) is 44.4 Å². The number of hydrogen-bond acceptors (Lipinski definition) is 24. The lowest BCUT2D eigenvalue weighted by atomic mass is 10.1. The van der Waals surface area contributed by atoms with Crippen molar-refractivity contribution in [3.05, 3.63) is 127 Å². The van der Waals surface area contributed by atoms with Crippen LogP contribution in [0.25, 0.3) is 11.3 Å². The summed E-state index contributed by atoms with van der Waals surface area (Å²) >= 11 is 2.11. The Bertz CT molecular complexity index is 3160. The number of esters is 3. The van der Waals surface area contributed by atoms with Crippen LogP contribution in [-0.4, -0.2) is 144 Å². The SMILES string of the molecule is CCOC(=O)CCCCCCN.CCOC(=O)CCCCCCN(c1cnccn1)c1ccc2nccn2n1.CCOC(=O)CCCCCCNc1cnccn1.Cl.F.Ic1cnccn1.O=C(CCCCCCN(c1cnccn1)c1ccc2nccn2n1)NO. The molecule has 0 aromatic carbocycles. The minimum atomic E-state index is -0.343. The maximum absolute atomic E-state index is 11.4. The second-order valence-electron chi connectivity index (χ2n) is 19.7. The third kappa shape index (κ3) is 34.8. The third-order valence-electron chi connectivity index (χ3n) is 12.8. The standard InChI is InChI=1S/C19H24N6O2.C17H21N7O2.C13H21N3O2.C9H19NO2.C4H3IN2.ClH.FH/c1-2-27-19(26)7-5-3-4-6-13-24(18-15-20-10-11-21-18)17-9-8-16-22-12-14-25(16)23-17;25-17(22-26)5-3-1-2-4-11-23(16-13-18-8-9-19-16)15-7-6-14-20-10-12-24(14)21-15;1-2-18-13(17)7-5-3-4-6-8-15-12-11-14-9-10-16-12;1-2-12-9(11)7-5-3-4-6-8-10;5-4-3-6-1-2-7-4;;/h8-12,14-15H,2-7,13H2,1H3;6-10,12-13,26H,1-5,11H2,(H,22,25);9-11H,2-8H2,1H3,(H,15,16);2-8,10H2,1H3;1-3H;2*1H. The number of halogens is 3. The molecule has 502 valence electrons. The van der Waals surface area contributed by atoms with Crippen LogP contribution < -0.4 is 26.3 Å². The van der Waals surface area contributed by atoms with Crippen LogP contribution in [0.4, 0.5) is 33.8 Å². The number of carbonyl (C=O) groups excluding carboxylic acids is 4. The second kappa shape index (κ2) is 51.3. The first kappa shape index (κ1) is 79.8. The fourth-order valence-electron chi connectivity index (χ4n) is 8.41. The monoisotopic (exact) mass is 1410 g/mol. The number of unbranched alkanes of at least 4 members (excludes halogenated alkanes) is 12. The number of nitrogens with zero attached hydrogens (tertiary/aromatic N) is 16. The largest absolute Gasteiger partial charge is 0.466 e. The highest BCUT2D eigenvalue weighted by Crippen LogP contribution is 2.24. The van der Waals surface area contributed by atoms with Gasteiger partial charge >= 0.3 is 17.9 Å². The molecule has 8 aromatic heterocycles. The summed E-state index contributed by atoms with van der Waals surface area (Å²) in [6.45, 7) is 10.0. The summed E-state index contributed by atoms with van der Waals surface area (Å²) in [5.74, 6) is 3.25. The number of nitrogens with two attached hydrogens (primary N) is 1. The van der Waals surface area contributed by atoms with Gasteiger partial charge < -0.3 is 35.1 Å². The molecule has 5 N–H and O–H groups in total. The number of carbonyl (C=O) groups is 4. The Labute approximate surface area is 557 Å². The minimum Gasteiger partial charge on any atom is -0.466 e. The number of rotatable bonds is 35. The van der Waals surface area contributed by atoms with Crippen molar-refractivity contribution in [2.24, 2.45) is 5.73 Å². The van der Waals surface area contributed by atoms with E-state index < -0.39 is 0 Å². The second-order valence-corrected chi connectivity index (χ2v) is 20.8. The molecule has 0 saturated heterocycles. The molecule has 0 spiro atoms. The summed E-state index contributed by atoms with van der Waals surface area (Å²) in [6.07, 6.45) is 44.8. The fraction of sp³-hybridized carbons (Fsp3) is 0.484. The van der Waals surface area contributed by atoms with Gasteiger partial charge in [-0.05, 0) is 126 Å². The Balaban J connectivity index is 0.000000413. The fourth-order valence-corrected chi connectivity index (χ4v) is 8.73. The zero-order chi connectivity index (χ0) is 64.5. The number of nitrogens with one attached hydrogen (secondary N) is 2. The molecule has 0 aliphatic carbocycles. The van der Waals surface area contributed by atoms with Crippen molar-refractivity contribution in [1.29, 1.82) is 0 Å². The predicted molar refractivity (Wildman–Crippen MR) is 360 cm³/mol. The summed E-state index contributed by atoms with van der Waals surface area (Å²) < 4.78 is 19.0. The molecule has 8 heterocycles. The number of anilines is 5. The van der Waals surface area contributed by atoms with Gasteiger partial charge in [0.2, 0.25) is 5.91 Å². The average molecular weight is 1410 g/mol. The summed E-state index contributed by atoms with van der Waals surface area (Å²) in [6, 6.07) is 7.71. The van der Waals surface area contributed by atoms with E-state index in [1.807, 2.05) is 56.1 Å². The molecule has 0 atom stereocenters. The van der Waals surface area contributed by atoms with Crippen LogP contribution in [0.15, 0.2) is 123 Å². The zero-order valence-electron chi connectivity index (χ0n) is 52.9. The van der Waals surface area contributed by atoms with Gasteiger partial charge in [0, 0.05) is 120 Å². The summed E-state index contributed by atoms with van der Waals surface area (Å²) in [7, 11) is 0. The van der Waals surface area contributed by atoms with Crippen LogP contribution in [0.5, 0.6) is 0 Å². The number of aromatic nitrogens is 14. The van der Waals surface area contributed by atoms with Crippen LogP contribution >= 0.6 is 35.0 Å². The Hall–Kier alpha value is -8.29. The van der Waals surface area contributed by atoms with Crippen LogP contribution in [0.1, 0.15) is 149 Å². The molecule has 0 saturated carbocycles. The molecule has 1 amide bonds. The van der Waals surface area contributed by atoms with Crippen molar-refractivity contribution in [1.82, 2.24) is 74.5 Å². The molecule has 27 nitrogen and oxygen atoms in total. The maximum Gasteiger partial charge on any atom is 0.305 e. The zero-order valence-corrected chi connectivity index (χ0v) is 55.8. The highest BCUT2D eigenvalue weighted by molar-refractivity contribution is 14.1. The molecule has 30 heteroatoms. The van der Waals surface area contributed by atoms with E-state index in [0.717, 1.165) is 173 Å². The molecule has 8 rings (SSSR count). The van der Waals surface area contributed by atoms with Gasteiger partial charge in [-0.3, -0.25) is 49.0 Å². The predicted octanol–water partition coefficient (Wildman–Crippen LogP) is 10.8. The number of amides is 1. The van der Waals surface area contributed by atoms with Gasteiger partial charge in [0.25, 0.3) is 0 Å². The van der Waals surface area contributed by atoms with Crippen molar-refractivity contribution >= 4 is 99.2 Å². The van der Waals surface area contributed by atoms with Crippen molar-refractivity contribution in [2.45, 2.75) is 149 Å². The normalized spacial score (nSPS) is 10.2. The highest BCUT2D eigenvalue weighted by atomic mass is 127.